The van der Waals surface area contributed by atoms with Gasteiger partial charge in [-0.2, -0.15) is 5.10 Å². The second-order valence-electron chi connectivity index (χ2n) is 5.52. The molecule has 1 heterocycles. The molecule has 0 saturated heterocycles. The molecule has 0 radical (unpaired) electrons. The number of carbonyl (C=O) groups is 1. The van der Waals surface area contributed by atoms with Crippen LogP contribution in [-0.4, -0.2) is 29.9 Å². The van der Waals surface area contributed by atoms with E-state index in [4.69, 9.17) is 0 Å². The Hall–Kier alpha value is -2.48. The van der Waals surface area contributed by atoms with Gasteiger partial charge in [-0.25, -0.2) is 13.1 Å². The van der Waals surface area contributed by atoms with Crippen molar-refractivity contribution in [2.45, 2.75) is 38.1 Å². The van der Waals surface area contributed by atoms with Crippen LogP contribution in [0, 0.1) is 0 Å². The van der Waals surface area contributed by atoms with E-state index in [2.05, 4.69) is 10.4 Å². The van der Waals surface area contributed by atoms with Gasteiger partial charge in [-0.1, -0.05) is 20.3 Å². The Kier molecular flexibility index (Phi) is 6.08. The Bertz CT molecular complexity index is 902. The molecule has 0 atom stereocenters. The van der Waals surface area contributed by atoms with Gasteiger partial charge in [0.1, 0.15) is 5.69 Å². The third kappa shape index (κ3) is 4.76. The topological polar surface area (TPSA) is 98.1 Å². The molecule has 0 spiro atoms. The van der Waals surface area contributed by atoms with Crippen LogP contribution >= 0.6 is 0 Å². The van der Waals surface area contributed by atoms with Crippen LogP contribution in [0.3, 0.4) is 0 Å². The van der Waals surface area contributed by atoms with E-state index in [-0.39, 0.29) is 21.9 Å². The fourth-order valence-electron chi connectivity index (χ4n) is 2.15. The highest BCUT2D eigenvalue weighted by Crippen LogP contribution is 2.15. The maximum Gasteiger partial charge on any atom is 0.276 e. The number of nitrogens with zero attached hydrogens (tertiary/aromatic N) is 2. The number of nitrogens with one attached hydrogen (secondary N) is 1. The Morgan fingerprint density at radius 3 is 2.40 bits per heavy atom. The number of sulfone groups is 1. The first-order valence-corrected chi connectivity index (χ1v) is 9.75. The van der Waals surface area contributed by atoms with Crippen LogP contribution in [0.25, 0.3) is 0 Å². The minimum atomic E-state index is -3.28. The van der Waals surface area contributed by atoms with Crippen molar-refractivity contribution in [3.63, 3.8) is 0 Å². The fraction of sp³-hybridized carbons (Fsp3) is 0.353. The average Bonchev–Trinajstić information content (AvgIpc) is 2.61. The number of carbonyl (C=O) groups excluding carboxylic acids is 1. The smallest absolute Gasteiger partial charge is 0.276 e. The highest BCUT2D eigenvalue weighted by Gasteiger charge is 2.13. The zero-order chi connectivity index (χ0) is 18.4. The molecular weight excluding hydrogens is 342 g/mol. The molecule has 7 nitrogen and oxygen atoms in total. The van der Waals surface area contributed by atoms with Crippen molar-refractivity contribution in [2.75, 3.05) is 11.1 Å². The van der Waals surface area contributed by atoms with E-state index in [0.717, 1.165) is 12.8 Å². The zero-order valence-electron chi connectivity index (χ0n) is 14.2. The van der Waals surface area contributed by atoms with Gasteiger partial charge in [0.2, 0.25) is 0 Å². The quantitative estimate of drug-likeness (QED) is 0.812. The standard InChI is InChI=1S/C17H21N3O4S/c1-3-5-12-20-16(21)11-10-15(19-20)17(22)18-13-6-8-14(9-7-13)25(23,24)4-2/h6-11H,3-5,12H2,1-2H3,(H,18,22). The fourth-order valence-corrected chi connectivity index (χ4v) is 3.03. The predicted molar refractivity (Wildman–Crippen MR) is 95.5 cm³/mol. The lowest BCUT2D eigenvalue weighted by Crippen LogP contribution is -2.26. The van der Waals surface area contributed by atoms with Gasteiger partial charge in [0.15, 0.2) is 9.84 Å². The number of amides is 1. The molecule has 1 aromatic carbocycles. The number of aromatic nitrogens is 2. The number of unbranched alkanes of at least 4 members (excludes halogenated alkanes) is 1. The minimum absolute atomic E-state index is 0.0158. The zero-order valence-corrected chi connectivity index (χ0v) is 15.0. The normalized spacial score (nSPS) is 11.3. The predicted octanol–water partition coefficient (Wildman–Crippen LogP) is 2.09. The van der Waals surface area contributed by atoms with E-state index >= 15 is 0 Å². The van der Waals surface area contributed by atoms with Crippen LogP contribution in [-0.2, 0) is 16.4 Å². The van der Waals surface area contributed by atoms with Crippen molar-refractivity contribution in [2.24, 2.45) is 0 Å². The van der Waals surface area contributed by atoms with Crippen molar-refractivity contribution in [3.05, 3.63) is 52.4 Å². The molecule has 25 heavy (non-hydrogen) atoms. The molecule has 0 fully saturated rings. The summed E-state index contributed by atoms with van der Waals surface area (Å²) in [5.41, 5.74) is 0.327. The van der Waals surface area contributed by atoms with E-state index < -0.39 is 15.7 Å². The number of rotatable bonds is 7. The van der Waals surface area contributed by atoms with Crippen LogP contribution in [0.1, 0.15) is 37.2 Å². The molecule has 0 saturated carbocycles. The van der Waals surface area contributed by atoms with Crippen LogP contribution in [0.15, 0.2) is 46.1 Å². The van der Waals surface area contributed by atoms with Crippen molar-refractivity contribution in [1.82, 2.24) is 9.78 Å². The maximum absolute atomic E-state index is 12.3. The molecule has 0 aliphatic carbocycles. The van der Waals surface area contributed by atoms with E-state index in [9.17, 15) is 18.0 Å². The molecule has 8 heteroatoms. The monoisotopic (exact) mass is 363 g/mol. The van der Waals surface area contributed by atoms with Crippen molar-refractivity contribution < 1.29 is 13.2 Å². The third-order valence-electron chi connectivity index (χ3n) is 3.67. The summed E-state index contributed by atoms with van der Waals surface area (Å²) in [7, 11) is -3.28. The Labute approximate surface area is 146 Å². The molecule has 1 aromatic heterocycles. The molecule has 0 aliphatic rings. The van der Waals surface area contributed by atoms with Crippen LogP contribution in [0.5, 0.6) is 0 Å². The van der Waals surface area contributed by atoms with Gasteiger partial charge >= 0.3 is 0 Å². The number of hydrogen-bond donors (Lipinski definition) is 1. The Morgan fingerprint density at radius 1 is 1.12 bits per heavy atom. The van der Waals surface area contributed by atoms with E-state index in [1.165, 1.54) is 41.1 Å². The average molecular weight is 363 g/mol. The summed E-state index contributed by atoms with van der Waals surface area (Å²) in [5.74, 6) is -0.446. The van der Waals surface area contributed by atoms with E-state index in [1.54, 1.807) is 6.92 Å². The van der Waals surface area contributed by atoms with Crippen molar-refractivity contribution in [1.29, 1.82) is 0 Å². The van der Waals surface area contributed by atoms with Gasteiger partial charge in [0.05, 0.1) is 10.6 Å². The van der Waals surface area contributed by atoms with Crippen LogP contribution in [0.4, 0.5) is 5.69 Å². The number of anilines is 1. The molecule has 0 bridgehead atoms. The first-order valence-electron chi connectivity index (χ1n) is 8.09. The largest absolute Gasteiger partial charge is 0.321 e. The second kappa shape index (κ2) is 8.06. The van der Waals surface area contributed by atoms with Crippen LogP contribution in [0.2, 0.25) is 0 Å². The molecule has 2 rings (SSSR count). The summed E-state index contributed by atoms with van der Waals surface area (Å²) in [6, 6.07) is 8.62. The van der Waals surface area contributed by atoms with Gasteiger partial charge in [-0.15, -0.1) is 0 Å². The first-order chi connectivity index (χ1) is 11.9. The third-order valence-corrected chi connectivity index (χ3v) is 5.42. The molecule has 1 amide bonds. The van der Waals surface area contributed by atoms with Gasteiger partial charge in [0, 0.05) is 18.3 Å². The first kappa shape index (κ1) is 18.9. The van der Waals surface area contributed by atoms with Gasteiger partial charge < -0.3 is 5.32 Å². The highest BCUT2D eigenvalue weighted by atomic mass is 32.2. The van der Waals surface area contributed by atoms with Gasteiger partial charge in [-0.05, 0) is 36.8 Å². The summed E-state index contributed by atoms with van der Waals surface area (Å²) in [6.07, 6.45) is 1.71. The number of benzene rings is 1. The Balaban J connectivity index is 2.15. The summed E-state index contributed by atoms with van der Waals surface area (Å²) in [4.78, 5) is 24.2. The summed E-state index contributed by atoms with van der Waals surface area (Å²) in [6.45, 7) is 4.04. The van der Waals surface area contributed by atoms with Gasteiger partial charge in [0.25, 0.3) is 11.5 Å². The molecule has 1 N–H and O–H groups in total. The maximum atomic E-state index is 12.3. The number of hydrogen-bond acceptors (Lipinski definition) is 5. The lowest BCUT2D eigenvalue weighted by molar-refractivity contribution is 0.101. The minimum Gasteiger partial charge on any atom is -0.321 e. The number of aryl methyl sites for hydroxylation is 1. The SMILES string of the molecule is CCCCn1nc(C(=O)Nc2ccc(S(=O)(=O)CC)cc2)ccc1=O. The van der Waals surface area contributed by atoms with Gasteiger partial charge in [-0.3, -0.25) is 9.59 Å². The van der Waals surface area contributed by atoms with Crippen molar-refractivity contribution >= 4 is 21.4 Å². The summed E-state index contributed by atoms with van der Waals surface area (Å²) >= 11 is 0. The van der Waals surface area contributed by atoms with Crippen LogP contribution < -0.4 is 10.9 Å². The van der Waals surface area contributed by atoms with E-state index in [0.29, 0.717) is 12.2 Å². The van der Waals surface area contributed by atoms with Crippen molar-refractivity contribution in [3.8, 4) is 0 Å². The van der Waals surface area contributed by atoms with E-state index in [1.807, 2.05) is 6.92 Å². The summed E-state index contributed by atoms with van der Waals surface area (Å²) in [5, 5.41) is 6.72. The molecular formula is C17H21N3O4S. The molecule has 0 unspecified atom stereocenters. The lowest BCUT2D eigenvalue weighted by atomic mass is 10.3. The molecule has 134 valence electrons. The lowest BCUT2D eigenvalue weighted by Gasteiger charge is -2.08. The molecule has 2 aromatic rings. The summed E-state index contributed by atoms with van der Waals surface area (Å²) < 4.78 is 24.8. The molecule has 0 aliphatic heterocycles. The Morgan fingerprint density at radius 2 is 1.80 bits per heavy atom. The highest BCUT2D eigenvalue weighted by molar-refractivity contribution is 7.91. The second-order valence-corrected chi connectivity index (χ2v) is 7.79.